The molecule has 1 aromatic carbocycles. The largest absolute Gasteiger partial charge is 0.481 e. The molecule has 12 heteroatoms. The maximum atomic E-state index is 13.6. The summed E-state index contributed by atoms with van der Waals surface area (Å²) >= 11 is 0. The Balaban J connectivity index is 0.00000337. The number of nitrogens with zero attached hydrogens (tertiary/aromatic N) is 2. The van der Waals surface area contributed by atoms with Crippen LogP contribution in [0, 0.1) is 5.92 Å². The summed E-state index contributed by atoms with van der Waals surface area (Å²) in [4.78, 5) is 44.0. The molecule has 0 saturated carbocycles. The van der Waals surface area contributed by atoms with E-state index < -0.39 is 17.9 Å². The number of amides is 2. The lowest BCUT2D eigenvalue weighted by Gasteiger charge is -2.33. The number of aliphatic imine (C=N–C) groups is 1. The van der Waals surface area contributed by atoms with Crippen LogP contribution in [0.5, 0.6) is 0 Å². The zero-order valence-electron chi connectivity index (χ0n) is 21.8. The van der Waals surface area contributed by atoms with Gasteiger partial charge >= 0.3 is 5.97 Å². The Morgan fingerprint density at radius 1 is 1.20 bits per heavy atom. The third-order valence-electron chi connectivity index (χ3n) is 7.05. The van der Waals surface area contributed by atoms with E-state index >= 15 is 0 Å². The molecule has 0 bridgehead atoms. The van der Waals surface area contributed by atoms with Crippen LogP contribution in [0.15, 0.2) is 100 Å². The lowest BCUT2D eigenvalue weighted by Crippen LogP contribution is -2.41. The first-order valence-corrected chi connectivity index (χ1v) is 12.9. The van der Waals surface area contributed by atoms with E-state index in [0.717, 1.165) is 24.4 Å². The van der Waals surface area contributed by atoms with Crippen LogP contribution < -0.4 is 16.0 Å². The Hall–Kier alpha value is -4.77. The first kappa shape index (κ1) is 27.8. The maximum Gasteiger partial charge on any atom is 0.305 e. The molecule has 0 fully saturated rings. The number of carboxylic acids is 1. The second-order valence-electron chi connectivity index (χ2n) is 9.65. The Kier molecular flexibility index (Phi) is 7.97. The third kappa shape index (κ3) is 5.75. The molecule has 3 heterocycles. The quantitative estimate of drug-likeness (QED) is 0.388. The lowest BCUT2D eigenvalue weighted by atomic mass is 9.95. The summed E-state index contributed by atoms with van der Waals surface area (Å²) in [6.07, 6.45) is 12.6. The summed E-state index contributed by atoms with van der Waals surface area (Å²) in [7, 11) is 0. The molecule has 0 aromatic heterocycles. The number of hydrogen-bond acceptors (Lipinski definition) is 8. The molecule has 6 rings (SSSR count). The fourth-order valence-corrected chi connectivity index (χ4v) is 5.12. The minimum atomic E-state index is -1.06. The molecule has 41 heavy (non-hydrogen) atoms. The molecular weight excluding hydrogens is 550 g/mol. The van der Waals surface area contributed by atoms with E-state index in [1.165, 1.54) is 4.90 Å². The Labute approximate surface area is 242 Å². The first-order valence-electron chi connectivity index (χ1n) is 12.9. The van der Waals surface area contributed by atoms with Gasteiger partial charge in [-0.15, -0.1) is 12.4 Å². The Morgan fingerprint density at radius 2 is 2.02 bits per heavy atom. The topological polar surface area (TPSA) is 142 Å². The summed E-state index contributed by atoms with van der Waals surface area (Å²) in [5, 5.41) is 18.8. The van der Waals surface area contributed by atoms with Crippen LogP contribution in [0.3, 0.4) is 0 Å². The molecule has 2 amide bonds. The van der Waals surface area contributed by atoms with E-state index in [9.17, 15) is 19.5 Å². The number of fused-ring (bicyclic) bond motifs is 2. The van der Waals surface area contributed by atoms with Crippen molar-refractivity contribution in [2.45, 2.75) is 18.9 Å². The second kappa shape index (κ2) is 11.8. The van der Waals surface area contributed by atoms with Crippen molar-refractivity contribution in [2.75, 3.05) is 25.2 Å². The van der Waals surface area contributed by atoms with Crippen molar-refractivity contribution in [3.63, 3.8) is 0 Å². The van der Waals surface area contributed by atoms with Crippen molar-refractivity contribution in [3.8, 4) is 0 Å². The van der Waals surface area contributed by atoms with Gasteiger partial charge in [-0.05, 0) is 54.5 Å². The van der Waals surface area contributed by atoms with Gasteiger partial charge in [0.1, 0.15) is 17.6 Å². The predicted molar refractivity (Wildman–Crippen MR) is 153 cm³/mol. The van der Waals surface area contributed by atoms with Gasteiger partial charge in [0.05, 0.1) is 18.9 Å². The van der Waals surface area contributed by atoms with Crippen LogP contribution in [0.2, 0.25) is 0 Å². The van der Waals surface area contributed by atoms with Gasteiger partial charge < -0.3 is 35.4 Å². The number of anilines is 1. The van der Waals surface area contributed by atoms with E-state index in [1.807, 2.05) is 12.2 Å². The number of allylic oxidation sites excluding steroid dienone is 6. The molecule has 0 saturated heterocycles. The lowest BCUT2D eigenvalue weighted by molar-refractivity contribution is -0.140. The molecule has 2 aliphatic carbocycles. The fraction of sp³-hybridized carbons (Fsp3) is 0.241. The number of guanidine groups is 1. The molecule has 1 aromatic rings. The van der Waals surface area contributed by atoms with E-state index in [2.05, 4.69) is 20.9 Å². The summed E-state index contributed by atoms with van der Waals surface area (Å²) < 4.78 is 11.3. The molecule has 3 aliphatic heterocycles. The highest BCUT2D eigenvalue weighted by atomic mass is 35.5. The molecule has 5 aliphatic rings. The maximum absolute atomic E-state index is 13.6. The minimum Gasteiger partial charge on any atom is -0.481 e. The van der Waals surface area contributed by atoms with Crippen LogP contribution in [0.4, 0.5) is 5.69 Å². The number of carbonyl (C=O) groups excluding carboxylic acids is 2. The molecule has 0 spiro atoms. The van der Waals surface area contributed by atoms with Gasteiger partial charge in [-0.25, -0.2) is 0 Å². The van der Waals surface area contributed by atoms with Gasteiger partial charge in [-0.1, -0.05) is 18.2 Å². The summed E-state index contributed by atoms with van der Waals surface area (Å²) in [6, 6.07) is 6.16. The molecule has 212 valence electrons. The van der Waals surface area contributed by atoms with Crippen LogP contribution in [0.25, 0.3) is 0 Å². The molecule has 0 radical (unpaired) electrons. The minimum absolute atomic E-state index is 0. The molecular formula is C29H28ClN5O6. The van der Waals surface area contributed by atoms with Gasteiger partial charge in [0.15, 0.2) is 5.96 Å². The number of halogens is 1. The van der Waals surface area contributed by atoms with Gasteiger partial charge in [0, 0.05) is 35.3 Å². The monoisotopic (exact) mass is 577 g/mol. The SMILES string of the molecule is Cl.O=C(O)CC(C1=C2CC=CC=C2OCO1)N1C=C2C=CC(NC(=O)c3ccc(NC4=NCCN4)cc3)=CC2C1=O. The van der Waals surface area contributed by atoms with Crippen molar-refractivity contribution in [3.05, 3.63) is 101 Å². The number of carboxylic acid groups (broad SMARTS) is 1. The van der Waals surface area contributed by atoms with E-state index in [-0.39, 0.29) is 37.4 Å². The summed E-state index contributed by atoms with van der Waals surface area (Å²) in [5.74, 6) is -0.585. The highest BCUT2D eigenvalue weighted by molar-refractivity contribution is 5.98. The van der Waals surface area contributed by atoms with Crippen molar-refractivity contribution in [2.24, 2.45) is 10.9 Å². The third-order valence-corrected chi connectivity index (χ3v) is 7.05. The molecule has 4 N–H and O–H groups in total. The van der Waals surface area contributed by atoms with Gasteiger partial charge in [-0.3, -0.25) is 19.4 Å². The van der Waals surface area contributed by atoms with Gasteiger partial charge in [-0.2, -0.15) is 0 Å². The smallest absolute Gasteiger partial charge is 0.305 e. The van der Waals surface area contributed by atoms with E-state index in [4.69, 9.17) is 9.47 Å². The number of nitrogens with one attached hydrogen (secondary N) is 3. The van der Waals surface area contributed by atoms with Crippen molar-refractivity contribution < 1.29 is 29.0 Å². The van der Waals surface area contributed by atoms with Crippen molar-refractivity contribution in [1.29, 1.82) is 0 Å². The summed E-state index contributed by atoms with van der Waals surface area (Å²) in [5.41, 5.74) is 3.18. The van der Waals surface area contributed by atoms with E-state index in [1.54, 1.807) is 54.8 Å². The Morgan fingerprint density at radius 3 is 2.78 bits per heavy atom. The van der Waals surface area contributed by atoms with Crippen LogP contribution in [-0.2, 0) is 19.1 Å². The average Bonchev–Trinajstić information content (AvgIpc) is 3.59. The molecule has 11 nitrogen and oxygen atoms in total. The van der Waals surface area contributed by atoms with Crippen molar-refractivity contribution in [1.82, 2.24) is 15.5 Å². The number of ether oxygens (including phenoxy) is 2. The number of aliphatic carboxylic acids is 1. The fourth-order valence-electron chi connectivity index (χ4n) is 5.12. The number of carbonyl (C=O) groups is 3. The highest BCUT2D eigenvalue weighted by Gasteiger charge is 2.41. The zero-order valence-corrected chi connectivity index (χ0v) is 22.6. The number of hydrogen-bond donors (Lipinski definition) is 4. The second-order valence-corrected chi connectivity index (χ2v) is 9.65. The van der Waals surface area contributed by atoms with Crippen molar-refractivity contribution >= 4 is 41.8 Å². The predicted octanol–water partition coefficient (Wildman–Crippen LogP) is 2.95. The highest BCUT2D eigenvalue weighted by Crippen LogP contribution is 2.37. The van der Waals surface area contributed by atoms with E-state index in [0.29, 0.717) is 40.7 Å². The standard InChI is InChI=1S/C29H27N5O6.ClH/c35-25(36)14-23(26-21-3-1-2-4-24(21)39-16-40-26)34-15-18-7-10-20(13-22(18)28(34)38)32-27(37)17-5-8-19(9-6-17)33-29-30-11-12-31-29;/h1-2,4-10,13,15,22-23H,3,11-12,14,16H2,(H,32,37)(H,35,36)(H2,30,31,33);1H. The van der Waals surface area contributed by atoms with Gasteiger partial charge in [0.25, 0.3) is 5.91 Å². The molecule has 2 unspecified atom stereocenters. The molecule has 2 atom stereocenters. The normalized spacial score (nSPS) is 21.0. The first-order chi connectivity index (χ1) is 19.5. The average molecular weight is 578 g/mol. The van der Waals surface area contributed by atoms with Crippen LogP contribution >= 0.6 is 12.4 Å². The summed E-state index contributed by atoms with van der Waals surface area (Å²) in [6.45, 7) is 1.46. The Bertz CT molecular complexity index is 1490. The van der Waals surface area contributed by atoms with Crippen LogP contribution in [0.1, 0.15) is 23.2 Å². The zero-order chi connectivity index (χ0) is 27.6. The van der Waals surface area contributed by atoms with Crippen LogP contribution in [-0.4, -0.2) is 59.7 Å². The van der Waals surface area contributed by atoms with Gasteiger partial charge in [0.2, 0.25) is 12.7 Å². The number of rotatable bonds is 7. The number of benzene rings is 1.